The largest absolute Gasteiger partial charge is 0.467 e. The predicted octanol–water partition coefficient (Wildman–Crippen LogP) is -0.0296. The van der Waals surface area contributed by atoms with Gasteiger partial charge in [0.25, 0.3) is 0 Å². The molecule has 1 aliphatic heterocycles. The number of nitrogen functional groups attached to an aromatic ring is 1. The molecular weight excluding hydrogens is 303 g/mol. The highest BCUT2D eigenvalue weighted by molar-refractivity contribution is 7.89. The number of anilines is 1. The van der Waals surface area contributed by atoms with Crippen LogP contribution in [0.25, 0.3) is 0 Å². The van der Waals surface area contributed by atoms with Crippen LogP contribution in [-0.4, -0.2) is 51.6 Å². The first-order valence-corrected chi connectivity index (χ1v) is 7.55. The molecule has 1 heterocycles. The maximum Gasteiger partial charge on any atom is 0.336 e. The monoisotopic (exact) mass is 318 g/mol. The van der Waals surface area contributed by atoms with Crippen molar-refractivity contribution in [2.24, 2.45) is 0 Å². The van der Waals surface area contributed by atoms with Crippen LogP contribution in [0, 0.1) is 5.82 Å². The summed E-state index contributed by atoms with van der Waals surface area (Å²) in [6.45, 7) is -0.0563. The number of carbonyl (C=O) groups is 1. The second-order valence-corrected chi connectivity index (χ2v) is 6.37. The van der Waals surface area contributed by atoms with Gasteiger partial charge in [-0.1, -0.05) is 0 Å². The van der Waals surface area contributed by atoms with Crippen LogP contribution in [0.2, 0.25) is 0 Å². The minimum absolute atomic E-state index is 0.0520. The topological polar surface area (TPSA) is 98.9 Å². The number of esters is 1. The number of nitrogens with two attached hydrogens (primary N) is 1. The van der Waals surface area contributed by atoms with Gasteiger partial charge in [-0.3, -0.25) is 0 Å². The minimum atomic E-state index is -3.93. The summed E-state index contributed by atoms with van der Waals surface area (Å²) in [6.07, 6.45) is -0.989. The zero-order valence-electron chi connectivity index (χ0n) is 11.3. The molecule has 0 bridgehead atoms. The van der Waals surface area contributed by atoms with Crippen LogP contribution in [0.3, 0.4) is 0 Å². The first-order valence-electron chi connectivity index (χ1n) is 6.11. The van der Waals surface area contributed by atoms with Gasteiger partial charge >= 0.3 is 5.97 Å². The van der Waals surface area contributed by atoms with Gasteiger partial charge < -0.3 is 15.2 Å². The van der Waals surface area contributed by atoms with Crippen molar-refractivity contribution in [3.63, 3.8) is 0 Å². The lowest BCUT2D eigenvalue weighted by molar-refractivity contribution is -0.157. The molecule has 1 saturated heterocycles. The fourth-order valence-electron chi connectivity index (χ4n) is 1.94. The lowest BCUT2D eigenvalue weighted by atomic mass is 10.3. The summed E-state index contributed by atoms with van der Waals surface area (Å²) in [5.41, 5.74) is 5.19. The van der Waals surface area contributed by atoms with E-state index < -0.39 is 27.9 Å². The maximum absolute atomic E-state index is 13.4. The third-order valence-electron chi connectivity index (χ3n) is 3.10. The number of sulfonamides is 1. The quantitative estimate of drug-likeness (QED) is 0.621. The first kappa shape index (κ1) is 15.7. The van der Waals surface area contributed by atoms with E-state index in [4.69, 9.17) is 10.5 Å². The Morgan fingerprint density at radius 1 is 1.52 bits per heavy atom. The SMILES string of the molecule is COC(=O)C1CN(S(=O)(=O)c2ccc(N)c(F)c2)CCO1. The van der Waals surface area contributed by atoms with Gasteiger partial charge in [0.05, 0.1) is 30.8 Å². The normalized spacial score (nSPS) is 20.2. The second kappa shape index (κ2) is 5.96. The number of benzene rings is 1. The molecule has 1 aromatic carbocycles. The van der Waals surface area contributed by atoms with Gasteiger partial charge in [-0.15, -0.1) is 0 Å². The van der Waals surface area contributed by atoms with Crippen LogP contribution >= 0.6 is 0 Å². The Labute approximate surface area is 121 Å². The Balaban J connectivity index is 2.26. The van der Waals surface area contributed by atoms with E-state index in [2.05, 4.69) is 4.74 Å². The van der Waals surface area contributed by atoms with Crippen molar-refractivity contribution in [2.45, 2.75) is 11.0 Å². The average molecular weight is 318 g/mol. The zero-order chi connectivity index (χ0) is 15.6. The molecular formula is C12H15FN2O5S. The van der Waals surface area contributed by atoms with E-state index in [0.717, 1.165) is 10.4 Å². The van der Waals surface area contributed by atoms with Gasteiger partial charge in [-0.05, 0) is 18.2 Å². The summed E-state index contributed by atoms with van der Waals surface area (Å²) in [4.78, 5) is 11.2. The van der Waals surface area contributed by atoms with Crippen LogP contribution in [0.1, 0.15) is 0 Å². The van der Waals surface area contributed by atoms with Crippen molar-refractivity contribution in [3.05, 3.63) is 24.0 Å². The summed E-state index contributed by atoms with van der Waals surface area (Å²) < 4.78 is 49.0. The number of morpholine rings is 1. The fraction of sp³-hybridized carbons (Fsp3) is 0.417. The van der Waals surface area contributed by atoms with Gasteiger partial charge in [0.1, 0.15) is 5.82 Å². The lowest BCUT2D eigenvalue weighted by Gasteiger charge is -2.30. The molecule has 0 aliphatic carbocycles. The average Bonchev–Trinajstić information content (AvgIpc) is 2.49. The molecule has 1 atom stereocenters. The Bertz CT molecular complexity index is 649. The van der Waals surface area contributed by atoms with Crippen molar-refractivity contribution in [1.29, 1.82) is 0 Å². The molecule has 1 aromatic rings. The summed E-state index contributed by atoms with van der Waals surface area (Å²) >= 11 is 0. The van der Waals surface area contributed by atoms with Crippen LogP contribution in [0.5, 0.6) is 0 Å². The second-order valence-electron chi connectivity index (χ2n) is 4.43. The van der Waals surface area contributed by atoms with Crippen LogP contribution in [0.4, 0.5) is 10.1 Å². The Hall–Kier alpha value is -1.71. The number of rotatable bonds is 3. The summed E-state index contributed by atoms with van der Waals surface area (Å²) in [7, 11) is -2.74. The molecule has 1 unspecified atom stereocenters. The van der Waals surface area contributed by atoms with E-state index in [-0.39, 0.29) is 30.3 Å². The highest BCUT2D eigenvalue weighted by Gasteiger charge is 2.34. The molecule has 0 spiro atoms. The van der Waals surface area contributed by atoms with Gasteiger partial charge in [0, 0.05) is 6.54 Å². The molecule has 1 fully saturated rings. The molecule has 9 heteroatoms. The predicted molar refractivity (Wildman–Crippen MR) is 71.3 cm³/mol. The molecule has 0 saturated carbocycles. The van der Waals surface area contributed by atoms with Gasteiger partial charge in [-0.25, -0.2) is 17.6 Å². The van der Waals surface area contributed by atoms with Crippen molar-refractivity contribution in [2.75, 3.05) is 32.5 Å². The summed E-state index contributed by atoms with van der Waals surface area (Å²) in [6, 6.07) is 3.25. The first-order chi connectivity index (χ1) is 9.86. The number of ether oxygens (including phenoxy) is 2. The fourth-order valence-corrected chi connectivity index (χ4v) is 3.37. The van der Waals surface area contributed by atoms with Crippen LogP contribution < -0.4 is 5.73 Å². The lowest BCUT2D eigenvalue weighted by Crippen LogP contribution is -2.48. The van der Waals surface area contributed by atoms with Crippen molar-refractivity contribution >= 4 is 21.7 Å². The van der Waals surface area contributed by atoms with Crippen LogP contribution in [-0.2, 0) is 24.3 Å². The Morgan fingerprint density at radius 2 is 2.24 bits per heavy atom. The zero-order valence-corrected chi connectivity index (χ0v) is 12.1. The van der Waals surface area contributed by atoms with Gasteiger partial charge in [0.2, 0.25) is 10.0 Å². The molecule has 0 amide bonds. The molecule has 1 aliphatic rings. The number of nitrogens with zero attached hydrogens (tertiary/aromatic N) is 1. The molecule has 0 radical (unpaired) electrons. The summed E-state index contributed by atoms with van der Waals surface area (Å²) in [5, 5.41) is 0. The van der Waals surface area contributed by atoms with Crippen LogP contribution in [0.15, 0.2) is 23.1 Å². The smallest absolute Gasteiger partial charge is 0.336 e. The minimum Gasteiger partial charge on any atom is -0.467 e. The maximum atomic E-state index is 13.4. The number of hydrogen-bond donors (Lipinski definition) is 1. The molecule has 21 heavy (non-hydrogen) atoms. The molecule has 2 N–H and O–H groups in total. The van der Waals surface area contributed by atoms with E-state index in [1.807, 2.05) is 0 Å². The number of carbonyl (C=O) groups excluding carboxylic acids is 1. The molecule has 2 rings (SSSR count). The third kappa shape index (κ3) is 3.14. The number of methoxy groups -OCH3 is 1. The van der Waals surface area contributed by atoms with E-state index in [9.17, 15) is 17.6 Å². The van der Waals surface area contributed by atoms with Crippen molar-refractivity contribution < 1.29 is 27.1 Å². The van der Waals surface area contributed by atoms with E-state index in [1.54, 1.807) is 0 Å². The van der Waals surface area contributed by atoms with Crippen molar-refractivity contribution in [3.8, 4) is 0 Å². The molecule has 7 nitrogen and oxygen atoms in total. The highest BCUT2D eigenvalue weighted by atomic mass is 32.2. The van der Waals surface area contributed by atoms with Gasteiger partial charge in [0.15, 0.2) is 6.10 Å². The van der Waals surface area contributed by atoms with Gasteiger partial charge in [-0.2, -0.15) is 4.31 Å². The van der Waals surface area contributed by atoms with Crippen molar-refractivity contribution in [1.82, 2.24) is 4.31 Å². The van der Waals surface area contributed by atoms with E-state index in [0.29, 0.717) is 0 Å². The van der Waals surface area contributed by atoms with E-state index >= 15 is 0 Å². The Morgan fingerprint density at radius 3 is 2.86 bits per heavy atom. The Kier molecular flexibility index (Phi) is 4.45. The molecule has 0 aromatic heterocycles. The summed E-state index contributed by atoms with van der Waals surface area (Å²) in [5.74, 6) is -1.47. The standard InChI is InChI=1S/C12H15FN2O5S/c1-19-12(16)11-7-15(4-5-20-11)21(17,18)8-2-3-10(14)9(13)6-8/h2-3,6,11H,4-5,7,14H2,1H3. The molecule has 116 valence electrons. The number of hydrogen-bond acceptors (Lipinski definition) is 6. The highest BCUT2D eigenvalue weighted by Crippen LogP contribution is 2.22. The van der Waals surface area contributed by atoms with E-state index in [1.165, 1.54) is 19.2 Å². The number of halogens is 1. The third-order valence-corrected chi connectivity index (χ3v) is 4.96.